The van der Waals surface area contributed by atoms with Gasteiger partial charge in [0.15, 0.2) is 5.78 Å². The Morgan fingerprint density at radius 2 is 2.40 bits per heavy atom. The number of aliphatic hydroxyl groups excluding tert-OH is 1. The van der Waals surface area contributed by atoms with E-state index in [0.717, 1.165) is 6.08 Å². The van der Waals surface area contributed by atoms with Gasteiger partial charge in [-0.25, -0.2) is 0 Å². The zero-order valence-corrected chi connectivity index (χ0v) is 5.41. The molecule has 0 fully saturated rings. The highest BCUT2D eigenvalue weighted by molar-refractivity contribution is 5.92. The zero-order chi connectivity index (χ0) is 7.56. The Labute approximate surface area is 58.4 Å². The van der Waals surface area contributed by atoms with Gasteiger partial charge in [0.1, 0.15) is 12.0 Å². The number of rotatable bonds is 1. The average molecular weight is 140 g/mol. The van der Waals surface area contributed by atoms with Gasteiger partial charge in [0.25, 0.3) is 0 Å². The Morgan fingerprint density at radius 3 is 2.90 bits per heavy atom. The van der Waals surface area contributed by atoms with E-state index in [1.165, 1.54) is 0 Å². The van der Waals surface area contributed by atoms with Crippen LogP contribution in [-0.2, 0) is 9.59 Å². The van der Waals surface area contributed by atoms with E-state index in [1.807, 2.05) is 0 Å². The second-order valence-corrected chi connectivity index (χ2v) is 2.32. The molecule has 3 heteroatoms. The fourth-order valence-corrected chi connectivity index (χ4v) is 0.928. The lowest BCUT2D eigenvalue weighted by atomic mass is 9.95. The molecule has 0 aromatic carbocycles. The Hall–Kier alpha value is -1.12. The average Bonchev–Trinajstić information content (AvgIpc) is 1.88. The van der Waals surface area contributed by atoms with Crippen LogP contribution in [0.2, 0.25) is 0 Å². The molecule has 0 saturated heterocycles. The highest BCUT2D eigenvalue weighted by Gasteiger charge is 2.19. The standard InChI is InChI=1S/C7H8O3/c8-4-5-1-2-6(9)3-7(5)10/h3-5,10H,1-2H2. The number of hydrogen-bond acceptors (Lipinski definition) is 3. The van der Waals surface area contributed by atoms with Crippen LogP contribution in [0.1, 0.15) is 12.8 Å². The lowest BCUT2D eigenvalue weighted by Crippen LogP contribution is -2.14. The molecule has 0 aromatic heterocycles. The smallest absolute Gasteiger partial charge is 0.159 e. The summed E-state index contributed by atoms with van der Waals surface area (Å²) in [4.78, 5) is 20.7. The van der Waals surface area contributed by atoms with Gasteiger partial charge in [-0.1, -0.05) is 0 Å². The maximum absolute atomic E-state index is 10.6. The molecular weight excluding hydrogens is 132 g/mol. The van der Waals surface area contributed by atoms with Crippen molar-refractivity contribution in [3.8, 4) is 0 Å². The molecule has 54 valence electrons. The number of carbonyl (C=O) groups is 2. The van der Waals surface area contributed by atoms with Crippen LogP contribution in [0.3, 0.4) is 0 Å². The Balaban J connectivity index is 2.76. The lowest BCUT2D eigenvalue weighted by molar-refractivity contribution is -0.116. The van der Waals surface area contributed by atoms with Crippen LogP contribution in [-0.4, -0.2) is 17.2 Å². The second-order valence-electron chi connectivity index (χ2n) is 2.32. The zero-order valence-electron chi connectivity index (χ0n) is 5.41. The lowest BCUT2D eigenvalue weighted by Gasteiger charge is -2.12. The second kappa shape index (κ2) is 2.64. The van der Waals surface area contributed by atoms with Gasteiger partial charge >= 0.3 is 0 Å². The van der Waals surface area contributed by atoms with Crippen molar-refractivity contribution >= 4 is 12.1 Å². The van der Waals surface area contributed by atoms with Crippen LogP contribution in [0.25, 0.3) is 0 Å². The Kier molecular flexibility index (Phi) is 1.85. The molecule has 0 bridgehead atoms. The monoisotopic (exact) mass is 140 g/mol. The first-order chi connectivity index (χ1) is 4.74. The molecule has 0 aliphatic heterocycles. The summed E-state index contributed by atoms with van der Waals surface area (Å²) in [6.07, 6.45) is 2.61. The highest BCUT2D eigenvalue weighted by Crippen LogP contribution is 2.18. The van der Waals surface area contributed by atoms with Gasteiger partial charge in [0.05, 0.1) is 5.92 Å². The fourth-order valence-electron chi connectivity index (χ4n) is 0.928. The van der Waals surface area contributed by atoms with E-state index in [4.69, 9.17) is 5.11 Å². The van der Waals surface area contributed by atoms with Crippen molar-refractivity contribution in [2.75, 3.05) is 0 Å². The Morgan fingerprint density at radius 1 is 1.70 bits per heavy atom. The molecule has 1 unspecified atom stereocenters. The van der Waals surface area contributed by atoms with Gasteiger partial charge in [0.2, 0.25) is 0 Å². The minimum Gasteiger partial charge on any atom is -0.511 e. The molecule has 0 saturated carbocycles. The van der Waals surface area contributed by atoms with Crippen LogP contribution in [0.4, 0.5) is 0 Å². The third-order valence-corrected chi connectivity index (χ3v) is 1.55. The van der Waals surface area contributed by atoms with Gasteiger partial charge in [-0.3, -0.25) is 4.79 Å². The number of ketones is 1. The summed E-state index contributed by atoms with van der Waals surface area (Å²) >= 11 is 0. The molecule has 0 aromatic rings. The summed E-state index contributed by atoms with van der Waals surface area (Å²) in [6, 6.07) is 0. The number of allylic oxidation sites excluding steroid dienone is 2. The van der Waals surface area contributed by atoms with Crippen molar-refractivity contribution in [3.63, 3.8) is 0 Å². The van der Waals surface area contributed by atoms with Crippen LogP contribution < -0.4 is 0 Å². The summed E-state index contributed by atoms with van der Waals surface area (Å²) in [5.74, 6) is -0.639. The van der Waals surface area contributed by atoms with Crippen LogP contribution in [0.5, 0.6) is 0 Å². The van der Waals surface area contributed by atoms with E-state index < -0.39 is 5.92 Å². The normalized spacial score (nSPS) is 25.8. The van der Waals surface area contributed by atoms with Gasteiger partial charge in [-0.05, 0) is 6.42 Å². The van der Waals surface area contributed by atoms with E-state index in [1.54, 1.807) is 0 Å². The van der Waals surface area contributed by atoms with Crippen molar-refractivity contribution in [1.29, 1.82) is 0 Å². The third-order valence-electron chi connectivity index (χ3n) is 1.55. The van der Waals surface area contributed by atoms with Gasteiger partial charge in [-0.15, -0.1) is 0 Å². The molecule has 3 nitrogen and oxygen atoms in total. The molecule has 1 N–H and O–H groups in total. The first-order valence-electron chi connectivity index (χ1n) is 3.12. The van der Waals surface area contributed by atoms with E-state index in [9.17, 15) is 9.59 Å². The number of aldehydes is 1. The summed E-state index contributed by atoms with van der Waals surface area (Å²) in [5, 5.41) is 8.95. The predicted octanol–water partition coefficient (Wildman–Crippen LogP) is 0.606. The molecule has 0 spiro atoms. The summed E-state index contributed by atoms with van der Waals surface area (Å²) < 4.78 is 0. The van der Waals surface area contributed by atoms with Crippen LogP contribution in [0.15, 0.2) is 11.8 Å². The predicted molar refractivity (Wildman–Crippen MR) is 34.5 cm³/mol. The van der Waals surface area contributed by atoms with E-state index in [-0.39, 0.29) is 11.5 Å². The summed E-state index contributed by atoms with van der Waals surface area (Å²) in [6.45, 7) is 0. The number of carbonyl (C=O) groups excluding carboxylic acids is 2. The van der Waals surface area contributed by atoms with Crippen molar-refractivity contribution in [2.24, 2.45) is 5.92 Å². The van der Waals surface area contributed by atoms with Crippen molar-refractivity contribution in [3.05, 3.63) is 11.8 Å². The van der Waals surface area contributed by atoms with Crippen molar-refractivity contribution in [2.45, 2.75) is 12.8 Å². The summed E-state index contributed by atoms with van der Waals surface area (Å²) in [7, 11) is 0. The molecule has 1 aliphatic carbocycles. The van der Waals surface area contributed by atoms with E-state index in [0.29, 0.717) is 19.1 Å². The number of aliphatic hydroxyl groups is 1. The molecule has 1 aliphatic rings. The largest absolute Gasteiger partial charge is 0.511 e. The molecule has 0 amide bonds. The first-order valence-corrected chi connectivity index (χ1v) is 3.12. The van der Waals surface area contributed by atoms with Crippen LogP contribution >= 0.6 is 0 Å². The third kappa shape index (κ3) is 1.23. The maximum Gasteiger partial charge on any atom is 0.159 e. The van der Waals surface area contributed by atoms with Gasteiger partial charge < -0.3 is 9.90 Å². The van der Waals surface area contributed by atoms with Crippen molar-refractivity contribution in [1.82, 2.24) is 0 Å². The van der Waals surface area contributed by atoms with E-state index >= 15 is 0 Å². The highest BCUT2D eigenvalue weighted by atomic mass is 16.3. The first kappa shape index (κ1) is 6.99. The maximum atomic E-state index is 10.6. The van der Waals surface area contributed by atoms with Gasteiger partial charge in [-0.2, -0.15) is 0 Å². The van der Waals surface area contributed by atoms with E-state index in [2.05, 4.69) is 0 Å². The van der Waals surface area contributed by atoms with Crippen LogP contribution in [0, 0.1) is 5.92 Å². The Bertz CT molecular complexity index is 193. The van der Waals surface area contributed by atoms with Crippen molar-refractivity contribution < 1.29 is 14.7 Å². The minimum absolute atomic E-state index is 0.0914. The number of hydrogen-bond donors (Lipinski definition) is 1. The molecular formula is C7H8O3. The topological polar surface area (TPSA) is 54.4 Å². The van der Waals surface area contributed by atoms with Gasteiger partial charge in [0, 0.05) is 12.5 Å². The fraction of sp³-hybridized carbons (Fsp3) is 0.429. The minimum atomic E-state index is -0.447. The molecule has 1 rings (SSSR count). The molecule has 0 radical (unpaired) electrons. The summed E-state index contributed by atoms with van der Waals surface area (Å²) in [5.41, 5.74) is 0. The quantitative estimate of drug-likeness (QED) is 0.543. The molecule has 0 heterocycles. The molecule has 10 heavy (non-hydrogen) atoms. The molecule has 1 atom stereocenters. The SMILES string of the molecule is O=CC1CCC(=O)C=C1O.